The van der Waals surface area contributed by atoms with Crippen molar-refractivity contribution in [2.45, 2.75) is 46.2 Å². The van der Waals surface area contributed by atoms with Crippen LogP contribution in [0, 0.1) is 18.3 Å². The average Bonchev–Trinajstić information content (AvgIpc) is 2.44. The highest BCUT2D eigenvalue weighted by atomic mass is 35.5. The molecular weight excluding hydrogens is 324 g/mol. The van der Waals surface area contributed by atoms with Gasteiger partial charge in [0.2, 0.25) is 5.91 Å². The lowest BCUT2D eigenvalue weighted by molar-refractivity contribution is -0.128. The normalized spacial score (nSPS) is 12.4. The number of carbonyl (C=O) groups excluding carboxylic acids is 2. The maximum Gasteiger partial charge on any atom is 0.255 e. The first-order chi connectivity index (χ1) is 11.1. The van der Waals surface area contributed by atoms with Crippen LogP contribution in [0.3, 0.4) is 0 Å². The molecule has 1 atom stereocenters. The van der Waals surface area contributed by atoms with Gasteiger partial charge in [-0.25, -0.2) is 0 Å². The van der Waals surface area contributed by atoms with E-state index >= 15 is 0 Å². The molecule has 0 spiro atoms. The number of terminal acetylenes is 1. The lowest BCUT2D eigenvalue weighted by atomic mass is 9.98. The van der Waals surface area contributed by atoms with Crippen LogP contribution in [0.5, 0.6) is 0 Å². The second-order valence-corrected chi connectivity index (χ2v) is 7.51. The topological polar surface area (TPSA) is 49.4 Å². The molecule has 0 aliphatic carbocycles. The summed E-state index contributed by atoms with van der Waals surface area (Å²) < 4.78 is 0. The Morgan fingerprint density at radius 2 is 1.79 bits per heavy atom. The minimum absolute atomic E-state index is 0.0574. The first kappa shape index (κ1) is 20.1. The summed E-state index contributed by atoms with van der Waals surface area (Å²) in [6, 6.07) is 5.90. The number of carbonyl (C=O) groups is 2. The zero-order valence-corrected chi connectivity index (χ0v) is 15.6. The molecule has 0 saturated heterocycles. The Bertz CT molecular complexity index is 624. The molecule has 0 aromatic heterocycles. The van der Waals surface area contributed by atoms with Crippen molar-refractivity contribution in [3.8, 4) is 12.3 Å². The molecule has 0 aliphatic rings. The number of amides is 2. The highest BCUT2D eigenvalue weighted by molar-refractivity contribution is 6.30. The van der Waals surface area contributed by atoms with Gasteiger partial charge in [-0.05, 0) is 51.0 Å². The van der Waals surface area contributed by atoms with E-state index < -0.39 is 11.6 Å². The van der Waals surface area contributed by atoms with Crippen LogP contribution < -0.4 is 5.32 Å². The van der Waals surface area contributed by atoms with Crippen LogP contribution in [-0.4, -0.2) is 34.8 Å². The minimum atomic E-state index is -0.650. The lowest BCUT2D eigenvalue weighted by Crippen LogP contribution is -2.56. The molecule has 2 amide bonds. The van der Waals surface area contributed by atoms with Crippen molar-refractivity contribution in [2.24, 2.45) is 5.92 Å². The van der Waals surface area contributed by atoms with Gasteiger partial charge in [-0.2, -0.15) is 0 Å². The molecule has 24 heavy (non-hydrogen) atoms. The Morgan fingerprint density at radius 1 is 1.25 bits per heavy atom. The van der Waals surface area contributed by atoms with Gasteiger partial charge in [0.05, 0.1) is 6.54 Å². The van der Waals surface area contributed by atoms with Crippen LogP contribution in [0.4, 0.5) is 0 Å². The van der Waals surface area contributed by atoms with E-state index in [0.29, 0.717) is 10.6 Å². The van der Waals surface area contributed by atoms with Crippen LogP contribution in [-0.2, 0) is 4.79 Å². The number of rotatable bonds is 5. The molecule has 0 fully saturated rings. The van der Waals surface area contributed by atoms with Crippen LogP contribution in [0.2, 0.25) is 5.02 Å². The third kappa shape index (κ3) is 5.58. The number of benzene rings is 1. The average molecular weight is 349 g/mol. The molecule has 1 unspecified atom stereocenters. The molecule has 1 N–H and O–H groups in total. The summed E-state index contributed by atoms with van der Waals surface area (Å²) >= 11 is 5.87. The van der Waals surface area contributed by atoms with Gasteiger partial charge in [0.15, 0.2) is 0 Å². The third-order valence-corrected chi connectivity index (χ3v) is 3.60. The maximum absolute atomic E-state index is 12.9. The second-order valence-electron chi connectivity index (χ2n) is 7.07. The predicted octanol–water partition coefficient (Wildman–Crippen LogP) is 3.35. The van der Waals surface area contributed by atoms with Gasteiger partial charge >= 0.3 is 0 Å². The van der Waals surface area contributed by atoms with Crippen molar-refractivity contribution >= 4 is 23.4 Å². The molecule has 0 saturated carbocycles. The van der Waals surface area contributed by atoms with Gasteiger partial charge in [0, 0.05) is 16.1 Å². The largest absolute Gasteiger partial charge is 0.350 e. The second kappa shape index (κ2) is 8.21. The Balaban J connectivity index is 3.17. The summed E-state index contributed by atoms with van der Waals surface area (Å²) in [5, 5.41) is 3.47. The number of halogens is 1. The number of nitrogens with one attached hydrogen (secondary N) is 1. The highest BCUT2D eigenvalue weighted by Crippen LogP contribution is 2.18. The van der Waals surface area contributed by atoms with Gasteiger partial charge in [-0.1, -0.05) is 31.4 Å². The van der Waals surface area contributed by atoms with Gasteiger partial charge in [-0.15, -0.1) is 6.42 Å². The van der Waals surface area contributed by atoms with E-state index in [1.807, 2.05) is 34.6 Å². The van der Waals surface area contributed by atoms with Crippen LogP contribution in [0.25, 0.3) is 0 Å². The Kier molecular flexibility index (Phi) is 6.86. The van der Waals surface area contributed by atoms with Crippen molar-refractivity contribution in [3.05, 3.63) is 34.9 Å². The number of nitrogens with zero attached hydrogens (tertiary/aromatic N) is 1. The standard InChI is InChI=1S/C19H25ClN2O2/c1-7-12-22(18(24)14-8-10-15(20)11-9-14)16(13(2)3)17(23)21-19(4,5)6/h1,8-11,13,16H,12H2,2-6H3,(H,21,23). The van der Waals surface area contributed by atoms with Crippen molar-refractivity contribution in [1.82, 2.24) is 10.2 Å². The fraction of sp³-hybridized carbons (Fsp3) is 0.474. The monoisotopic (exact) mass is 348 g/mol. The van der Waals surface area contributed by atoms with Crippen molar-refractivity contribution in [2.75, 3.05) is 6.54 Å². The maximum atomic E-state index is 12.9. The summed E-state index contributed by atoms with van der Waals surface area (Å²) in [5.41, 5.74) is 0.0545. The van der Waals surface area contributed by atoms with Gasteiger partial charge in [0.1, 0.15) is 6.04 Å². The van der Waals surface area contributed by atoms with E-state index in [1.165, 1.54) is 4.90 Å². The van der Waals surface area contributed by atoms with E-state index in [4.69, 9.17) is 18.0 Å². The zero-order valence-electron chi connectivity index (χ0n) is 14.9. The Morgan fingerprint density at radius 3 is 2.21 bits per heavy atom. The molecular formula is C19H25ClN2O2. The summed E-state index contributed by atoms with van der Waals surface area (Å²) in [5.74, 6) is 1.90. The minimum Gasteiger partial charge on any atom is -0.350 e. The summed E-state index contributed by atoms with van der Waals surface area (Å²) in [4.78, 5) is 27.0. The Hall–Kier alpha value is -1.99. The van der Waals surface area contributed by atoms with Crippen LogP contribution >= 0.6 is 11.6 Å². The first-order valence-electron chi connectivity index (χ1n) is 7.89. The third-order valence-electron chi connectivity index (χ3n) is 3.35. The molecule has 5 heteroatoms. The van der Waals surface area contributed by atoms with E-state index in [0.717, 1.165) is 0 Å². The first-order valence-corrected chi connectivity index (χ1v) is 8.26. The molecule has 130 valence electrons. The van der Waals surface area contributed by atoms with Crippen molar-refractivity contribution in [1.29, 1.82) is 0 Å². The fourth-order valence-corrected chi connectivity index (χ4v) is 2.53. The molecule has 1 rings (SSSR count). The molecule has 0 bridgehead atoms. The number of hydrogen-bond donors (Lipinski definition) is 1. The van der Waals surface area contributed by atoms with Gasteiger partial charge in [-0.3, -0.25) is 9.59 Å². The van der Waals surface area contributed by atoms with Gasteiger partial charge in [0.25, 0.3) is 5.91 Å². The van der Waals surface area contributed by atoms with E-state index in [9.17, 15) is 9.59 Å². The predicted molar refractivity (Wildman–Crippen MR) is 97.8 cm³/mol. The SMILES string of the molecule is C#CCN(C(=O)c1ccc(Cl)cc1)C(C(=O)NC(C)(C)C)C(C)C. The fourth-order valence-electron chi connectivity index (χ4n) is 2.40. The van der Waals surface area contributed by atoms with Crippen molar-refractivity contribution in [3.63, 3.8) is 0 Å². The highest BCUT2D eigenvalue weighted by Gasteiger charge is 2.34. The Labute approximate surface area is 149 Å². The van der Waals surface area contributed by atoms with Gasteiger partial charge < -0.3 is 10.2 Å². The quantitative estimate of drug-likeness (QED) is 0.829. The molecule has 1 aromatic rings. The van der Waals surface area contributed by atoms with Crippen LogP contribution in [0.1, 0.15) is 45.0 Å². The molecule has 4 nitrogen and oxygen atoms in total. The van der Waals surface area contributed by atoms with E-state index in [2.05, 4.69) is 11.2 Å². The zero-order chi connectivity index (χ0) is 18.5. The van der Waals surface area contributed by atoms with Crippen LogP contribution in [0.15, 0.2) is 24.3 Å². The van der Waals surface area contributed by atoms with E-state index in [-0.39, 0.29) is 24.3 Å². The molecule has 0 heterocycles. The molecule has 0 aliphatic heterocycles. The number of hydrogen-bond acceptors (Lipinski definition) is 2. The smallest absolute Gasteiger partial charge is 0.255 e. The molecule has 0 radical (unpaired) electrons. The summed E-state index contributed by atoms with van der Waals surface area (Å²) in [6.07, 6.45) is 5.44. The van der Waals surface area contributed by atoms with Crippen molar-refractivity contribution < 1.29 is 9.59 Å². The molecule has 1 aromatic carbocycles. The summed E-state index contributed by atoms with van der Waals surface area (Å²) in [7, 11) is 0. The van der Waals surface area contributed by atoms with E-state index in [1.54, 1.807) is 24.3 Å². The summed E-state index contributed by atoms with van der Waals surface area (Å²) in [6.45, 7) is 9.54. The lowest BCUT2D eigenvalue weighted by Gasteiger charge is -2.34.